The van der Waals surface area contributed by atoms with Gasteiger partial charge in [-0.3, -0.25) is 10.1 Å². The fraction of sp³-hybridized carbons (Fsp3) is 0.143. The van der Waals surface area contributed by atoms with Crippen LogP contribution in [0.5, 0.6) is 5.75 Å². The Morgan fingerprint density at radius 1 is 1.43 bits per heavy atom. The third-order valence-electron chi connectivity index (χ3n) is 1.29. The van der Waals surface area contributed by atoms with Gasteiger partial charge in [0.1, 0.15) is 5.75 Å². The summed E-state index contributed by atoms with van der Waals surface area (Å²) in [4.78, 5) is 9.64. The summed E-state index contributed by atoms with van der Waals surface area (Å²) in [7, 11) is 0. The average Bonchev–Trinajstić information content (AvgIpc) is 2.01. The number of halogens is 3. The lowest BCUT2D eigenvalue weighted by atomic mass is 10.3. The van der Waals surface area contributed by atoms with Crippen molar-refractivity contribution in [2.24, 2.45) is 0 Å². The smallest absolute Gasteiger partial charge is 0.387 e. The summed E-state index contributed by atoms with van der Waals surface area (Å²) >= 11 is 2.94. The molecule has 0 saturated heterocycles. The Labute approximate surface area is 85.8 Å². The van der Waals surface area contributed by atoms with E-state index in [2.05, 4.69) is 20.7 Å². The van der Waals surface area contributed by atoms with Gasteiger partial charge in [0.15, 0.2) is 0 Å². The molecule has 76 valence electrons. The van der Waals surface area contributed by atoms with Crippen molar-refractivity contribution < 1.29 is 18.4 Å². The number of nitrogens with zero attached hydrogens (tertiary/aromatic N) is 1. The molecule has 14 heavy (non-hydrogen) atoms. The SMILES string of the molecule is O=[N+]([O-])c1cc(Br)cc(OC(F)F)c1. The molecule has 1 rings (SSSR count). The number of ether oxygens (including phenoxy) is 1. The number of nitro benzene ring substituents is 1. The van der Waals surface area contributed by atoms with E-state index in [0.717, 1.165) is 6.07 Å². The quantitative estimate of drug-likeness (QED) is 0.625. The fourth-order valence-corrected chi connectivity index (χ4v) is 1.28. The van der Waals surface area contributed by atoms with E-state index < -0.39 is 11.5 Å². The molecule has 1 aromatic rings. The Bertz CT molecular complexity index is 359. The lowest BCUT2D eigenvalue weighted by Crippen LogP contribution is -2.02. The molecular formula is C7H4BrF2NO3. The highest BCUT2D eigenvalue weighted by molar-refractivity contribution is 9.10. The molecule has 0 aliphatic heterocycles. The zero-order chi connectivity index (χ0) is 10.7. The maximum atomic E-state index is 11.8. The molecule has 0 aromatic heterocycles. The van der Waals surface area contributed by atoms with Crippen LogP contribution in [0, 0.1) is 10.1 Å². The van der Waals surface area contributed by atoms with Gasteiger partial charge in [0.25, 0.3) is 5.69 Å². The van der Waals surface area contributed by atoms with Crippen LogP contribution < -0.4 is 4.74 Å². The van der Waals surface area contributed by atoms with Gasteiger partial charge in [0.05, 0.1) is 11.0 Å². The Balaban J connectivity index is 3.01. The maximum absolute atomic E-state index is 11.8. The minimum Gasteiger partial charge on any atom is -0.435 e. The van der Waals surface area contributed by atoms with E-state index in [1.54, 1.807) is 0 Å². The summed E-state index contributed by atoms with van der Waals surface area (Å²) in [6.07, 6.45) is 0. The van der Waals surface area contributed by atoms with Crippen LogP contribution in [0.4, 0.5) is 14.5 Å². The van der Waals surface area contributed by atoms with Crippen LogP contribution in [0.25, 0.3) is 0 Å². The van der Waals surface area contributed by atoms with Crippen molar-refractivity contribution in [3.05, 3.63) is 32.8 Å². The summed E-state index contributed by atoms with van der Waals surface area (Å²) in [6, 6.07) is 3.34. The molecule has 0 heterocycles. The van der Waals surface area contributed by atoms with E-state index in [-0.39, 0.29) is 11.4 Å². The van der Waals surface area contributed by atoms with Crippen molar-refractivity contribution in [3.63, 3.8) is 0 Å². The monoisotopic (exact) mass is 267 g/mol. The largest absolute Gasteiger partial charge is 0.435 e. The van der Waals surface area contributed by atoms with E-state index in [1.807, 2.05) is 0 Å². The Morgan fingerprint density at radius 2 is 2.07 bits per heavy atom. The number of alkyl halides is 2. The van der Waals surface area contributed by atoms with E-state index in [0.29, 0.717) is 4.47 Å². The summed E-state index contributed by atoms with van der Waals surface area (Å²) in [6.45, 7) is -3.00. The number of hydrogen-bond donors (Lipinski definition) is 0. The van der Waals surface area contributed by atoms with Gasteiger partial charge in [-0.05, 0) is 6.07 Å². The molecular weight excluding hydrogens is 264 g/mol. The topological polar surface area (TPSA) is 52.4 Å². The molecule has 0 spiro atoms. The van der Waals surface area contributed by atoms with Crippen LogP contribution in [0.2, 0.25) is 0 Å². The molecule has 4 nitrogen and oxygen atoms in total. The van der Waals surface area contributed by atoms with Gasteiger partial charge < -0.3 is 4.74 Å². The van der Waals surface area contributed by atoms with Gasteiger partial charge in [-0.25, -0.2) is 0 Å². The van der Waals surface area contributed by atoms with Crippen LogP contribution in [-0.2, 0) is 0 Å². The molecule has 0 fully saturated rings. The van der Waals surface area contributed by atoms with E-state index in [4.69, 9.17) is 0 Å². The van der Waals surface area contributed by atoms with Gasteiger partial charge in [-0.1, -0.05) is 15.9 Å². The van der Waals surface area contributed by atoms with Crippen LogP contribution in [0.3, 0.4) is 0 Å². The second-order valence-electron chi connectivity index (χ2n) is 2.28. The first-order valence-corrected chi connectivity index (χ1v) is 4.18. The molecule has 0 radical (unpaired) electrons. The number of rotatable bonds is 3. The summed E-state index contributed by atoms with van der Waals surface area (Å²) in [5.41, 5.74) is -0.310. The Kier molecular flexibility index (Phi) is 3.34. The van der Waals surface area contributed by atoms with Crippen molar-refractivity contribution in [3.8, 4) is 5.75 Å². The van der Waals surface area contributed by atoms with Gasteiger partial charge in [0.2, 0.25) is 0 Å². The minimum absolute atomic E-state index is 0.249. The van der Waals surface area contributed by atoms with Gasteiger partial charge >= 0.3 is 6.61 Å². The van der Waals surface area contributed by atoms with E-state index in [1.165, 1.54) is 12.1 Å². The molecule has 0 saturated carbocycles. The first-order valence-electron chi connectivity index (χ1n) is 3.39. The normalized spacial score (nSPS) is 10.3. The van der Waals surface area contributed by atoms with Gasteiger partial charge in [-0.2, -0.15) is 8.78 Å². The highest BCUT2D eigenvalue weighted by Crippen LogP contribution is 2.26. The van der Waals surface area contributed by atoms with Crippen LogP contribution in [0.15, 0.2) is 22.7 Å². The van der Waals surface area contributed by atoms with Crippen molar-refractivity contribution in [2.75, 3.05) is 0 Å². The number of benzene rings is 1. The Morgan fingerprint density at radius 3 is 2.57 bits per heavy atom. The third kappa shape index (κ3) is 2.91. The highest BCUT2D eigenvalue weighted by atomic mass is 79.9. The highest BCUT2D eigenvalue weighted by Gasteiger charge is 2.12. The number of hydrogen-bond acceptors (Lipinski definition) is 3. The van der Waals surface area contributed by atoms with Crippen molar-refractivity contribution in [1.82, 2.24) is 0 Å². The fourth-order valence-electron chi connectivity index (χ4n) is 0.824. The summed E-state index contributed by atoms with van der Waals surface area (Å²) < 4.78 is 27.9. The zero-order valence-electron chi connectivity index (χ0n) is 6.62. The lowest BCUT2D eigenvalue weighted by Gasteiger charge is -2.04. The average molecular weight is 268 g/mol. The molecule has 1 aromatic carbocycles. The molecule has 0 bridgehead atoms. The first kappa shape index (κ1) is 10.8. The predicted molar refractivity (Wildman–Crippen MR) is 47.4 cm³/mol. The second kappa shape index (κ2) is 4.32. The molecule has 0 amide bonds. The standard InChI is InChI=1S/C7H4BrF2NO3/c8-4-1-5(11(12)13)3-6(2-4)14-7(9)10/h1-3,7H. The van der Waals surface area contributed by atoms with Gasteiger partial charge in [0, 0.05) is 10.5 Å². The maximum Gasteiger partial charge on any atom is 0.387 e. The predicted octanol–water partition coefficient (Wildman–Crippen LogP) is 2.96. The molecule has 0 N–H and O–H groups in total. The molecule has 0 aliphatic carbocycles. The Hall–Kier alpha value is -1.24. The van der Waals surface area contributed by atoms with Crippen molar-refractivity contribution in [1.29, 1.82) is 0 Å². The molecule has 0 unspecified atom stereocenters. The lowest BCUT2D eigenvalue weighted by molar-refractivity contribution is -0.385. The summed E-state index contributed by atoms with van der Waals surface area (Å²) in [5.74, 6) is -0.249. The second-order valence-corrected chi connectivity index (χ2v) is 3.20. The van der Waals surface area contributed by atoms with Gasteiger partial charge in [-0.15, -0.1) is 0 Å². The van der Waals surface area contributed by atoms with Crippen LogP contribution in [-0.4, -0.2) is 11.5 Å². The molecule has 7 heteroatoms. The third-order valence-corrected chi connectivity index (χ3v) is 1.75. The first-order chi connectivity index (χ1) is 6.49. The molecule has 0 aliphatic rings. The summed E-state index contributed by atoms with van der Waals surface area (Å²) in [5, 5.41) is 10.3. The van der Waals surface area contributed by atoms with Crippen LogP contribution >= 0.6 is 15.9 Å². The molecule has 0 atom stereocenters. The van der Waals surface area contributed by atoms with E-state index in [9.17, 15) is 18.9 Å². The number of nitro groups is 1. The van der Waals surface area contributed by atoms with Crippen molar-refractivity contribution in [2.45, 2.75) is 6.61 Å². The zero-order valence-corrected chi connectivity index (χ0v) is 8.20. The number of non-ortho nitro benzene ring substituents is 1. The van der Waals surface area contributed by atoms with Crippen LogP contribution in [0.1, 0.15) is 0 Å². The minimum atomic E-state index is -3.00. The van der Waals surface area contributed by atoms with E-state index >= 15 is 0 Å². The van der Waals surface area contributed by atoms with Crippen molar-refractivity contribution >= 4 is 21.6 Å².